The van der Waals surface area contributed by atoms with Gasteiger partial charge in [0.1, 0.15) is 5.75 Å². The third-order valence-corrected chi connectivity index (χ3v) is 5.60. The molecule has 25 heavy (non-hydrogen) atoms. The zero-order valence-electron chi connectivity index (χ0n) is 15.3. The first-order valence-corrected chi connectivity index (χ1v) is 9.84. The Balaban J connectivity index is 1.66. The maximum atomic E-state index is 5.84. The fourth-order valence-corrected chi connectivity index (χ4v) is 3.93. The Morgan fingerprint density at radius 2 is 2.16 bits per heavy atom. The Kier molecular flexibility index (Phi) is 6.32. The van der Waals surface area contributed by atoms with Gasteiger partial charge in [0.05, 0.1) is 6.61 Å². The molecule has 2 aliphatic heterocycles. The number of piperazine rings is 1. The van der Waals surface area contributed by atoms with Crippen molar-refractivity contribution in [3.8, 4) is 5.75 Å². The number of nitrogens with zero attached hydrogens (tertiary/aromatic N) is 2. The number of likely N-dealkylation sites (N-methyl/N-ethyl adjacent to an activating group) is 1. The Morgan fingerprint density at radius 1 is 1.32 bits per heavy atom. The van der Waals surface area contributed by atoms with Crippen molar-refractivity contribution in [3.05, 3.63) is 36.0 Å². The lowest BCUT2D eigenvalue weighted by molar-refractivity contribution is 0.115. The summed E-state index contributed by atoms with van der Waals surface area (Å²) in [4.78, 5) is 4.86. The van der Waals surface area contributed by atoms with Gasteiger partial charge in [-0.05, 0) is 49.7 Å². The second-order valence-electron chi connectivity index (χ2n) is 6.70. The summed E-state index contributed by atoms with van der Waals surface area (Å²) in [6, 6.07) is 8.86. The van der Waals surface area contributed by atoms with Gasteiger partial charge in [0.15, 0.2) is 5.11 Å². The van der Waals surface area contributed by atoms with Crippen molar-refractivity contribution in [2.45, 2.75) is 39.2 Å². The van der Waals surface area contributed by atoms with Gasteiger partial charge < -0.3 is 15.0 Å². The van der Waals surface area contributed by atoms with Gasteiger partial charge in [0.2, 0.25) is 0 Å². The molecule has 4 nitrogen and oxygen atoms in total. The highest BCUT2D eigenvalue weighted by atomic mass is 32.1. The van der Waals surface area contributed by atoms with E-state index in [4.69, 9.17) is 17.0 Å². The summed E-state index contributed by atoms with van der Waals surface area (Å²) in [7, 11) is 0. The maximum Gasteiger partial charge on any atom is 0.173 e. The first kappa shape index (κ1) is 18.2. The first-order valence-electron chi connectivity index (χ1n) is 9.43. The van der Waals surface area contributed by atoms with Crippen LogP contribution in [-0.4, -0.2) is 53.7 Å². The highest BCUT2D eigenvalue weighted by Gasteiger charge is 2.25. The molecule has 1 saturated heterocycles. The average Bonchev–Trinajstić information content (AvgIpc) is 2.87. The summed E-state index contributed by atoms with van der Waals surface area (Å²) in [5, 5.41) is 4.23. The molecule has 0 spiro atoms. The molecule has 0 bridgehead atoms. The predicted octanol–water partition coefficient (Wildman–Crippen LogP) is 3.49. The Bertz CT molecular complexity index is 631. The molecule has 1 fully saturated rings. The molecule has 1 aromatic rings. The molecule has 2 aliphatic rings. The van der Waals surface area contributed by atoms with Crippen LogP contribution in [0.3, 0.4) is 0 Å². The van der Waals surface area contributed by atoms with Crippen LogP contribution < -0.4 is 10.1 Å². The van der Waals surface area contributed by atoms with Crippen LogP contribution in [0.5, 0.6) is 5.75 Å². The van der Waals surface area contributed by atoms with Gasteiger partial charge in [-0.3, -0.25) is 4.90 Å². The fraction of sp³-hybridized carbons (Fsp3) is 0.550. The van der Waals surface area contributed by atoms with E-state index in [9.17, 15) is 0 Å². The molecular formula is C20H29N3OS. The smallest absolute Gasteiger partial charge is 0.173 e. The van der Waals surface area contributed by atoms with Crippen molar-refractivity contribution in [2.24, 2.45) is 0 Å². The molecule has 136 valence electrons. The summed E-state index contributed by atoms with van der Waals surface area (Å²) >= 11 is 5.67. The van der Waals surface area contributed by atoms with Gasteiger partial charge in [0, 0.05) is 37.4 Å². The molecule has 1 N–H and O–H groups in total. The van der Waals surface area contributed by atoms with Gasteiger partial charge >= 0.3 is 0 Å². The molecule has 3 rings (SSSR count). The molecule has 0 aliphatic carbocycles. The van der Waals surface area contributed by atoms with Crippen molar-refractivity contribution >= 4 is 22.9 Å². The van der Waals surface area contributed by atoms with Crippen LogP contribution >= 0.6 is 12.2 Å². The minimum Gasteiger partial charge on any atom is -0.493 e. The van der Waals surface area contributed by atoms with Crippen LogP contribution in [0.1, 0.15) is 38.7 Å². The molecule has 1 unspecified atom stereocenters. The van der Waals surface area contributed by atoms with Gasteiger partial charge in [0.25, 0.3) is 0 Å². The highest BCUT2D eigenvalue weighted by Crippen LogP contribution is 2.31. The van der Waals surface area contributed by atoms with Gasteiger partial charge in [-0.1, -0.05) is 32.0 Å². The molecule has 1 aromatic carbocycles. The summed E-state index contributed by atoms with van der Waals surface area (Å²) in [5.41, 5.74) is 2.45. The number of benzene rings is 1. The first-order chi connectivity index (χ1) is 12.2. The Morgan fingerprint density at radius 3 is 2.96 bits per heavy atom. The second kappa shape index (κ2) is 8.68. The number of hydrogen-bond donors (Lipinski definition) is 1. The molecule has 1 atom stereocenters. The van der Waals surface area contributed by atoms with E-state index in [0.29, 0.717) is 6.04 Å². The summed E-state index contributed by atoms with van der Waals surface area (Å²) in [6.45, 7) is 9.49. The van der Waals surface area contributed by atoms with E-state index >= 15 is 0 Å². The van der Waals surface area contributed by atoms with Crippen LogP contribution in [0.2, 0.25) is 0 Å². The van der Waals surface area contributed by atoms with Crippen molar-refractivity contribution < 1.29 is 4.74 Å². The van der Waals surface area contributed by atoms with Crippen LogP contribution in [0.15, 0.2) is 30.5 Å². The zero-order chi connectivity index (χ0) is 17.6. The third kappa shape index (κ3) is 4.33. The molecule has 0 amide bonds. The van der Waals surface area contributed by atoms with E-state index < -0.39 is 0 Å². The highest BCUT2D eigenvalue weighted by molar-refractivity contribution is 7.80. The number of thiocarbonyl (C=S) groups is 1. The number of nitrogens with one attached hydrogen (secondary N) is 1. The molecule has 0 saturated carbocycles. The minimum atomic E-state index is 0.596. The maximum absolute atomic E-state index is 5.84. The quantitative estimate of drug-likeness (QED) is 0.834. The summed E-state index contributed by atoms with van der Waals surface area (Å²) < 4.78 is 5.84. The third-order valence-electron chi connectivity index (χ3n) is 5.22. The topological polar surface area (TPSA) is 27.7 Å². The normalized spacial score (nSPS) is 22.9. The molecule has 0 aromatic heterocycles. The Labute approximate surface area is 156 Å². The van der Waals surface area contributed by atoms with E-state index in [1.54, 1.807) is 0 Å². The van der Waals surface area contributed by atoms with Crippen LogP contribution in [-0.2, 0) is 0 Å². The fourth-order valence-electron chi connectivity index (χ4n) is 3.71. The lowest BCUT2D eigenvalue weighted by atomic mass is 10.0. The van der Waals surface area contributed by atoms with E-state index in [1.165, 1.54) is 17.6 Å². The van der Waals surface area contributed by atoms with Gasteiger partial charge in [-0.15, -0.1) is 0 Å². The second-order valence-corrected chi connectivity index (χ2v) is 7.09. The monoisotopic (exact) mass is 359 g/mol. The van der Waals surface area contributed by atoms with Crippen molar-refractivity contribution in [3.63, 3.8) is 0 Å². The summed E-state index contributed by atoms with van der Waals surface area (Å²) in [6.07, 6.45) is 5.29. The van der Waals surface area contributed by atoms with E-state index in [1.807, 2.05) is 12.1 Å². The molecule has 2 heterocycles. The van der Waals surface area contributed by atoms with Crippen LogP contribution in [0.25, 0.3) is 5.57 Å². The lowest BCUT2D eigenvalue weighted by Crippen LogP contribution is -2.55. The molecule has 5 heteroatoms. The Hall–Kier alpha value is -1.59. The minimum absolute atomic E-state index is 0.596. The predicted molar refractivity (Wildman–Crippen MR) is 108 cm³/mol. The van der Waals surface area contributed by atoms with Crippen molar-refractivity contribution in [1.82, 2.24) is 15.1 Å². The van der Waals surface area contributed by atoms with Crippen molar-refractivity contribution in [1.29, 1.82) is 0 Å². The lowest BCUT2D eigenvalue weighted by Gasteiger charge is -2.41. The van der Waals surface area contributed by atoms with Crippen LogP contribution in [0.4, 0.5) is 0 Å². The zero-order valence-corrected chi connectivity index (χ0v) is 16.1. The van der Waals surface area contributed by atoms with E-state index in [2.05, 4.69) is 47.3 Å². The van der Waals surface area contributed by atoms with Gasteiger partial charge in [-0.25, -0.2) is 0 Å². The number of para-hydroxylation sites is 1. The largest absolute Gasteiger partial charge is 0.493 e. The molecule has 0 radical (unpaired) electrons. The molecular weight excluding hydrogens is 330 g/mol. The number of allylic oxidation sites excluding steroid dienone is 1. The number of rotatable bonds is 3. The SMILES string of the molecule is CCC1CN(C(=S)N/C=C2/CCCOc3ccccc32)CCN1CC. The standard InChI is InChI=1S/C20H29N3OS/c1-3-17-15-23(12-11-22(17)4-2)20(25)21-14-16-8-7-13-24-19-10-6-5-9-18(16)19/h5-6,9-10,14,17H,3-4,7-8,11-13,15H2,1-2H3,(H,21,25)/b16-14-. The average molecular weight is 360 g/mol. The van der Waals surface area contributed by atoms with E-state index in [-0.39, 0.29) is 0 Å². The summed E-state index contributed by atoms with van der Waals surface area (Å²) in [5.74, 6) is 0.974. The number of ether oxygens (including phenoxy) is 1. The number of hydrogen-bond acceptors (Lipinski definition) is 3. The van der Waals surface area contributed by atoms with Gasteiger partial charge in [-0.2, -0.15) is 0 Å². The number of fused-ring (bicyclic) bond motifs is 1. The van der Waals surface area contributed by atoms with Crippen molar-refractivity contribution in [2.75, 3.05) is 32.8 Å². The van der Waals surface area contributed by atoms with Crippen LogP contribution in [0, 0.1) is 0 Å². The van der Waals surface area contributed by atoms with E-state index in [0.717, 1.165) is 56.5 Å².